The number of thioether (sulfide) groups is 1. The zero-order chi connectivity index (χ0) is 10.7. The second-order valence-corrected chi connectivity index (χ2v) is 5.68. The summed E-state index contributed by atoms with van der Waals surface area (Å²) in [6.45, 7) is 5.42. The number of rotatable bonds is 2. The second kappa shape index (κ2) is 5.14. The topological polar surface area (TPSA) is 29.0 Å². The van der Waals surface area contributed by atoms with Gasteiger partial charge in [-0.05, 0) is 0 Å². The van der Waals surface area contributed by atoms with Crippen molar-refractivity contribution in [2.75, 3.05) is 18.8 Å². The summed E-state index contributed by atoms with van der Waals surface area (Å²) >= 11 is 7.72. The first kappa shape index (κ1) is 11.2. The molecule has 1 atom stereocenters. The molecule has 0 saturated carbocycles. The second-order valence-electron chi connectivity index (χ2n) is 3.75. The van der Waals surface area contributed by atoms with E-state index < -0.39 is 0 Å². The van der Waals surface area contributed by atoms with Crippen molar-refractivity contribution >= 4 is 23.4 Å². The van der Waals surface area contributed by atoms with Crippen molar-refractivity contribution in [1.82, 2.24) is 14.9 Å². The molecule has 1 unspecified atom stereocenters. The van der Waals surface area contributed by atoms with Gasteiger partial charge in [0.2, 0.25) is 0 Å². The van der Waals surface area contributed by atoms with E-state index in [1.165, 1.54) is 5.75 Å². The largest absolute Gasteiger partial charge is 0.296 e. The minimum Gasteiger partial charge on any atom is -0.296 e. The Kier molecular flexibility index (Phi) is 3.83. The van der Waals surface area contributed by atoms with Crippen molar-refractivity contribution in [3.63, 3.8) is 0 Å². The van der Waals surface area contributed by atoms with E-state index in [-0.39, 0.29) is 0 Å². The van der Waals surface area contributed by atoms with E-state index in [9.17, 15) is 0 Å². The van der Waals surface area contributed by atoms with E-state index >= 15 is 0 Å². The maximum atomic E-state index is 5.69. The van der Waals surface area contributed by atoms with Crippen molar-refractivity contribution in [3.8, 4) is 0 Å². The van der Waals surface area contributed by atoms with Gasteiger partial charge in [-0.2, -0.15) is 11.8 Å². The zero-order valence-corrected chi connectivity index (χ0v) is 10.3. The van der Waals surface area contributed by atoms with Gasteiger partial charge in [0, 0.05) is 30.6 Å². The Labute approximate surface area is 99.2 Å². The third-order valence-corrected chi connectivity index (χ3v) is 3.72. The van der Waals surface area contributed by atoms with Gasteiger partial charge in [-0.1, -0.05) is 18.5 Å². The maximum Gasteiger partial charge on any atom is 0.147 e. The Morgan fingerprint density at radius 1 is 1.53 bits per heavy atom. The molecule has 1 fully saturated rings. The highest BCUT2D eigenvalue weighted by Gasteiger charge is 2.16. The molecule has 1 saturated heterocycles. The molecule has 1 aliphatic rings. The van der Waals surface area contributed by atoms with Crippen molar-refractivity contribution in [3.05, 3.63) is 23.2 Å². The SMILES string of the molecule is CC1CN(Cc2cnc(Cl)cn2)CCS1. The normalized spacial score (nSPS) is 22.9. The van der Waals surface area contributed by atoms with Gasteiger partial charge in [0.15, 0.2) is 0 Å². The Hall–Kier alpha value is -0.320. The molecular weight excluding hydrogens is 230 g/mol. The molecule has 3 nitrogen and oxygen atoms in total. The summed E-state index contributed by atoms with van der Waals surface area (Å²) < 4.78 is 0. The summed E-state index contributed by atoms with van der Waals surface area (Å²) in [5.74, 6) is 1.21. The number of halogens is 1. The van der Waals surface area contributed by atoms with Crippen LogP contribution in [0.3, 0.4) is 0 Å². The molecule has 2 rings (SSSR count). The predicted octanol–water partition coefficient (Wildman–Crippen LogP) is 2.07. The molecule has 0 radical (unpaired) electrons. The molecule has 1 aliphatic heterocycles. The summed E-state index contributed by atoms with van der Waals surface area (Å²) in [5, 5.41) is 1.18. The van der Waals surface area contributed by atoms with Crippen LogP contribution >= 0.6 is 23.4 Å². The van der Waals surface area contributed by atoms with Crippen LogP contribution in [0.4, 0.5) is 0 Å². The van der Waals surface area contributed by atoms with Crippen LogP contribution in [0.1, 0.15) is 12.6 Å². The van der Waals surface area contributed by atoms with Crippen LogP contribution in [0.2, 0.25) is 5.15 Å². The lowest BCUT2D eigenvalue weighted by molar-refractivity contribution is 0.275. The fourth-order valence-electron chi connectivity index (χ4n) is 1.68. The summed E-state index contributed by atoms with van der Waals surface area (Å²) in [6, 6.07) is 0. The van der Waals surface area contributed by atoms with Crippen LogP contribution < -0.4 is 0 Å². The van der Waals surface area contributed by atoms with Gasteiger partial charge in [0.1, 0.15) is 5.15 Å². The third kappa shape index (κ3) is 3.33. The lowest BCUT2D eigenvalue weighted by Crippen LogP contribution is -2.36. The molecule has 0 N–H and O–H groups in total. The van der Waals surface area contributed by atoms with Crippen LogP contribution in [0, 0.1) is 0 Å². The van der Waals surface area contributed by atoms with Crippen molar-refractivity contribution < 1.29 is 0 Å². The molecule has 82 valence electrons. The first-order valence-electron chi connectivity index (χ1n) is 5.04. The molecule has 0 spiro atoms. The smallest absolute Gasteiger partial charge is 0.147 e. The Bertz CT molecular complexity index is 317. The van der Waals surface area contributed by atoms with E-state index in [4.69, 9.17) is 11.6 Å². The zero-order valence-electron chi connectivity index (χ0n) is 8.69. The van der Waals surface area contributed by atoms with Crippen molar-refractivity contribution in [2.45, 2.75) is 18.7 Å². The summed E-state index contributed by atoms with van der Waals surface area (Å²) in [6.07, 6.45) is 3.37. The molecule has 15 heavy (non-hydrogen) atoms. The number of nitrogens with zero attached hydrogens (tertiary/aromatic N) is 3. The third-order valence-electron chi connectivity index (χ3n) is 2.38. The van der Waals surface area contributed by atoms with E-state index in [1.807, 2.05) is 11.8 Å². The number of hydrogen-bond acceptors (Lipinski definition) is 4. The van der Waals surface area contributed by atoms with Gasteiger partial charge in [-0.15, -0.1) is 0 Å². The minimum atomic E-state index is 0.460. The standard InChI is InChI=1S/C10H14ClN3S/c1-8-6-14(2-3-15-8)7-9-4-13-10(11)5-12-9/h4-5,8H,2-3,6-7H2,1H3. The highest BCUT2D eigenvalue weighted by atomic mass is 35.5. The van der Waals surface area contributed by atoms with Gasteiger partial charge in [-0.25, -0.2) is 4.98 Å². The van der Waals surface area contributed by atoms with E-state index in [1.54, 1.807) is 12.4 Å². The van der Waals surface area contributed by atoms with Crippen molar-refractivity contribution in [2.24, 2.45) is 0 Å². The fraction of sp³-hybridized carbons (Fsp3) is 0.600. The molecule has 2 heterocycles. The maximum absolute atomic E-state index is 5.69. The first-order valence-corrected chi connectivity index (χ1v) is 6.47. The minimum absolute atomic E-state index is 0.460. The van der Waals surface area contributed by atoms with Gasteiger partial charge in [0.25, 0.3) is 0 Å². The Balaban J connectivity index is 1.93. The molecule has 1 aromatic heterocycles. The van der Waals surface area contributed by atoms with Crippen molar-refractivity contribution in [1.29, 1.82) is 0 Å². The Morgan fingerprint density at radius 2 is 2.40 bits per heavy atom. The molecule has 0 amide bonds. The Morgan fingerprint density at radius 3 is 3.07 bits per heavy atom. The lowest BCUT2D eigenvalue weighted by atomic mass is 10.3. The molecule has 0 aromatic carbocycles. The molecule has 5 heteroatoms. The number of aromatic nitrogens is 2. The molecule has 1 aromatic rings. The molecule has 0 bridgehead atoms. The average Bonchev–Trinajstić information content (AvgIpc) is 2.22. The van der Waals surface area contributed by atoms with Gasteiger partial charge < -0.3 is 0 Å². The molecule has 0 aliphatic carbocycles. The van der Waals surface area contributed by atoms with Crippen LogP contribution in [-0.2, 0) is 6.54 Å². The van der Waals surface area contributed by atoms with E-state index in [0.29, 0.717) is 5.15 Å². The van der Waals surface area contributed by atoms with Crippen LogP contribution in [0.15, 0.2) is 12.4 Å². The summed E-state index contributed by atoms with van der Waals surface area (Å²) in [4.78, 5) is 10.7. The van der Waals surface area contributed by atoms with Crippen LogP contribution in [-0.4, -0.2) is 39.0 Å². The van der Waals surface area contributed by atoms with Gasteiger partial charge in [-0.3, -0.25) is 9.88 Å². The highest BCUT2D eigenvalue weighted by molar-refractivity contribution is 7.99. The average molecular weight is 244 g/mol. The predicted molar refractivity (Wildman–Crippen MR) is 64.2 cm³/mol. The van der Waals surface area contributed by atoms with Gasteiger partial charge in [0.05, 0.1) is 18.1 Å². The highest BCUT2D eigenvalue weighted by Crippen LogP contribution is 2.18. The van der Waals surface area contributed by atoms with E-state index in [0.717, 1.165) is 30.6 Å². The monoisotopic (exact) mass is 243 g/mol. The lowest BCUT2D eigenvalue weighted by Gasteiger charge is -2.29. The molecular formula is C10H14ClN3S. The number of hydrogen-bond donors (Lipinski definition) is 0. The summed E-state index contributed by atoms with van der Waals surface area (Å²) in [5.41, 5.74) is 0.999. The fourth-order valence-corrected chi connectivity index (χ4v) is 2.86. The van der Waals surface area contributed by atoms with Crippen LogP contribution in [0.5, 0.6) is 0 Å². The van der Waals surface area contributed by atoms with E-state index in [2.05, 4.69) is 21.8 Å². The quantitative estimate of drug-likeness (QED) is 0.795. The van der Waals surface area contributed by atoms with Gasteiger partial charge >= 0.3 is 0 Å². The van der Waals surface area contributed by atoms with Crippen LogP contribution in [0.25, 0.3) is 0 Å². The first-order chi connectivity index (χ1) is 7.24. The summed E-state index contributed by atoms with van der Waals surface area (Å²) in [7, 11) is 0.